The van der Waals surface area contributed by atoms with E-state index >= 15 is 0 Å². The van der Waals surface area contributed by atoms with Gasteiger partial charge in [-0.25, -0.2) is 0 Å². The van der Waals surface area contributed by atoms with Gasteiger partial charge in [0.25, 0.3) is 0 Å². The van der Waals surface area contributed by atoms with E-state index in [0.29, 0.717) is 6.42 Å². The zero-order chi connectivity index (χ0) is 13.1. The summed E-state index contributed by atoms with van der Waals surface area (Å²) in [5.41, 5.74) is 2.25. The molecule has 4 nitrogen and oxygen atoms in total. The van der Waals surface area contributed by atoms with Gasteiger partial charge >= 0.3 is 0 Å². The van der Waals surface area contributed by atoms with E-state index in [1.54, 1.807) is 0 Å². The van der Waals surface area contributed by atoms with Crippen LogP contribution in [0.1, 0.15) is 19.3 Å². The van der Waals surface area contributed by atoms with Gasteiger partial charge in [-0.05, 0) is 37.1 Å². The number of morpholine rings is 1. The molecular weight excluding hydrogens is 240 g/mol. The lowest BCUT2D eigenvalue weighted by molar-refractivity contribution is -0.119. The number of anilines is 2. The Labute approximate surface area is 113 Å². The molecule has 3 rings (SSSR count). The summed E-state index contributed by atoms with van der Waals surface area (Å²) in [7, 11) is 0. The highest BCUT2D eigenvalue weighted by Gasteiger charge is 2.19. The Morgan fingerprint density at radius 1 is 0.895 bits per heavy atom. The van der Waals surface area contributed by atoms with Gasteiger partial charge in [0.1, 0.15) is 0 Å². The lowest BCUT2D eigenvalue weighted by Crippen LogP contribution is -2.36. The molecule has 0 aliphatic carbocycles. The Bertz CT molecular complexity index is 438. The predicted octanol–water partition coefficient (Wildman–Crippen LogP) is 2.04. The molecule has 2 fully saturated rings. The average Bonchev–Trinajstić information content (AvgIpc) is 2.49. The van der Waals surface area contributed by atoms with Crippen molar-refractivity contribution in [1.82, 2.24) is 0 Å². The molecule has 0 N–H and O–H groups in total. The summed E-state index contributed by atoms with van der Waals surface area (Å²) in [4.78, 5) is 16.1. The third kappa shape index (κ3) is 2.73. The van der Waals surface area contributed by atoms with Crippen molar-refractivity contribution in [1.29, 1.82) is 0 Å². The van der Waals surface area contributed by atoms with Gasteiger partial charge < -0.3 is 14.5 Å². The first-order valence-corrected chi connectivity index (χ1v) is 7.08. The fraction of sp³-hybridized carbons (Fsp3) is 0.533. The van der Waals surface area contributed by atoms with Gasteiger partial charge in [0.05, 0.1) is 13.2 Å². The number of ether oxygens (including phenoxy) is 1. The number of hydrogen-bond donors (Lipinski definition) is 0. The number of amides is 1. The minimum atomic E-state index is 0.255. The summed E-state index contributed by atoms with van der Waals surface area (Å²) in [6.45, 7) is 4.35. The lowest BCUT2D eigenvalue weighted by atomic mass is 10.1. The molecule has 0 saturated carbocycles. The van der Waals surface area contributed by atoms with E-state index in [0.717, 1.165) is 51.4 Å². The second-order valence-electron chi connectivity index (χ2n) is 5.12. The van der Waals surface area contributed by atoms with Crippen LogP contribution in [0, 0.1) is 0 Å². The first-order chi connectivity index (χ1) is 9.34. The summed E-state index contributed by atoms with van der Waals surface area (Å²) >= 11 is 0. The number of rotatable bonds is 2. The molecule has 2 aliphatic heterocycles. The van der Waals surface area contributed by atoms with Crippen LogP contribution in [-0.2, 0) is 9.53 Å². The van der Waals surface area contributed by atoms with Crippen LogP contribution in [0.15, 0.2) is 24.3 Å². The van der Waals surface area contributed by atoms with Crippen LogP contribution >= 0.6 is 0 Å². The summed E-state index contributed by atoms with van der Waals surface area (Å²) in [6, 6.07) is 8.35. The molecule has 0 radical (unpaired) electrons. The maximum absolute atomic E-state index is 11.9. The molecule has 0 bridgehead atoms. The number of carbonyl (C=O) groups is 1. The van der Waals surface area contributed by atoms with Gasteiger partial charge in [-0.2, -0.15) is 0 Å². The molecule has 1 aromatic carbocycles. The summed E-state index contributed by atoms with van der Waals surface area (Å²) in [5.74, 6) is 0.255. The van der Waals surface area contributed by atoms with Gasteiger partial charge in [-0.3, -0.25) is 4.79 Å². The molecule has 0 spiro atoms. The monoisotopic (exact) mass is 260 g/mol. The van der Waals surface area contributed by atoms with Crippen molar-refractivity contribution in [3.8, 4) is 0 Å². The minimum Gasteiger partial charge on any atom is -0.378 e. The summed E-state index contributed by atoms with van der Waals surface area (Å²) in [6.07, 6.45) is 2.82. The van der Waals surface area contributed by atoms with Crippen LogP contribution in [0.2, 0.25) is 0 Å². The van der Waals surface area contributed by atoms with Gasteiger partial charge in [-0.15, -0.1) is 0 Å². The van der Waals surface area contributed by atoms with Crippen LogP contribution in [0.4, 0.5) is 11.4 Å². The lowest BCUT2D eigenvalue weighted by Gasteiger charge is -2.30. The molecule has 0 atom stereocenters. The average molecular weight is 260 g/mol. The van der Waals surface area contributed by atoms with E-state index in [1.807, 2.05) is 4.90 Å². The van der Waals surface area contributed by atoms with Crippen LogP contribution in [-0.4, -0.2) is 38.8 Å². The second-order valence-corrected chi connectivity index (χ2v) is 5.12. The zero-order valence-corrected chi connectivity index (χ0v) is 11.2. The maximum atomic E-state index is 11.9. The molecule has 0 aromatic heterocycles. The highest BCUT2D eigenvalue weighted by molar-refractivity contribution is 5.94. The fourth-order valence-corrected chi connectivity index (χ4v) is 2.74. The SMILES string of the molecule is O=C1CCCCN1c1ccc(N2CCOCC2)cc1. The van der Waals surface area contributed by atoms with Crippen molar-refractivity contribution in [2.24, 2.45) is 0 Å². The van der Waals surface area contributed by atoms with E-state index in [4.69, 9.17) is 4.74 Å². The van der Waals surface area contributed by atoms with Gasteiger partial charge in [-0.1, -0.05) is 0 Å². The smallest absolute Gasteiger partial charge is 0.226 e. The Kier molecular flexibility index (Phi) is 3.69. The Morgan fingerprint density at radius 3 is 2.26 bits per heavy atom. The van der Waals surface area contributed by atoms with Gasteiger partial charge in [0.2, 0.25) is 5.91 Å². The standard InChI is InChI=1S/C15H20N2O2/c18-15-3-1-2-8-17(15)14-6-4-13(5-7-14)16-9-11-19-12-10-16/h4-7H,1-3,8-12H2. The van der Waals surface area contributed by atoms with Gasteiger partial charge in [0, 0.05) is 37.4 Å². The largest absolute Gasteiger partial charge is 0.378 e. The van der Waals surface area contributed by atoms with Gasteiger partial charge in [0.15, 0.2) is 0 Å². The van der Waals surface area contributed by atoms with E-state index < -0.39 is 0 Å². The number of benzene rings is 1. The quantitative estimate of drug-likeness (QED) is 0.816. The number of hydrogen-bond acceptors (Lipinski definition) is 3. The number of nitrogens with zero attached hydrogens (tertiary/aromatic N) is 2. The third-order valence-electron chi connectivity index (χ3n) is 3.86. The van der Waals surface area contributed by atoms with Crippen LogP contribution in [0.5, 0.6) is 0 Å². The molecule has 0 unspecified atom stereocenters. The Balaban J connectivity index is 1.72. The molecule has 1 amide bonds. The molecule has 102 valence electrons. The van der Waals surface area contributed by atoms with Crippen LogP contribution < -0.4 is 9.80 Å². The van der Waals surface area contributed by atoms with Crippen molar-refractivity contribution >= 4 is 17.3 Å². The fourth-order valence-electron chi connectivity index (χ4n) is 2.74. The molecule has 4 heteroatoms. The molecule has 1 aromatic rings. The molecule has 2 heterocycles. The third-order valence-corrected chi connectivity index (χ3v) is 3.86. The molecule has 19 heavy (non-hydrogen) atoms. The van der Waals surface area contributed by atoms with Crippen molar-refractivity contribution in [2.75, 3.05) is 42.6 Å². The molecule has 2 saturated heterocycles. The first kappa shape index (κ1) is 12.5. The van der Waals surface area contributed by atoms with Crippen molar-refractivity contribution in [2.45, 2.75) is 19.3 Å². The topological polar surface area (TPSA) is 32.8 Å². The Morgan fingerprint density at radius 2 is 1.58 bits per heavy atom. The van der Waals surface area contributed by atoms with E-state index in [-0.39, 0.29) is 5.91 Å². The highest BCUT2D eigenvalue weighted by Crippen LogP contribution is 2.24. The molecule has 2 aliphatic rings. The first-order valence-electron chi connectivity index (χ1n) is 7.08. The highest BCUT2D eigenvalue weighted by atomic mass is 16.5. The van der Waals surface area contributed by atoms with Crippen LogP contribution in [0.3, 0.4) is 0 Å². The van der Waals surface area contributed by atoms with E-state index in [1.165, 1.54) is 5.69 Å². The zero-order valence-electron chi connectivity index (χ0n) is 11.2. The van der Waals surface area contributed by atoms with Crippen molar-refractivity contribution < 1.29 is 9.53 Å². The maximum Gasteiger partial charge on any atom is 0.226 e. The van der Waals surface area contributed by atoms with E-state index in [2.05, 4.69) is 29.2 Å². The predicted molar refractivity (Wildman–Crippen MR) is 75.7 cm³/mol. The van der Waals surface area contributed by atoms with E-state index in [9.17, 15) is 4.79 Å². The van der Waals surface area contributed by atoms with Crippen molar-refractivity contribution in [3.05, 3.63) is 24.3 Å². The number of carbonyl (C=O) groups excluding carboxylic acids is 1. The Hall–Kier alpha value is -1.55. The normalized spacial score (nSPS) is 20.7. The van der Waals surface area contributed by atoms with Crippen LogP contribution in [0.25, 0.3) is 0 Å². The summed E-state index contributed by atoms with van der Waals surface area (Å²) in [5, 5.41) is 0. The molecular formula is C15H20N2O2. The number of piperidine rings is 1. The second kappa shape index (κ2) is 5.61. The summed E-state index contributed by atoms with van der Waals surface area (Å²) < 4.78 is 5.36. The van der Waals surface area contributed by atoms with Crippen molar-refractivity contribution in [3.63, 3.8) is 0 Å². The minimum absolute atomic E-state index is 0.255.